The monoisotopic (exact) mass is 363 g/mol. The van der Waals surface area contributed by atoms with Gasteiger partial charge in [-0.05, 0) is 44.2 Å². The Balaban J connectivity index is 1.39. The summed E-state index contributed by atoms with van der Waals surface area (Å²) < 4.78 is 1.74. The van der Waals surface area contributed by atoms with Gasteiger partial charge in [0.05, 0.1) is 0 Å². The van der Waals surface area contributed by atoms with Crippen LogP contribution in [0.5, 0.6) is 0 Å². The highest BCUT2D eigenvalue weighted by Crippen LogP contribution is 2.43. The standard InChI is InChI=1S/C21H25N5O/c1-15-18(16(2)26-20(25-15)23-14-24-26)9-10-19(27)22-13-21(11-6-12-21)17-7-4-3-5-8-17/h3-5,7-8,14H,6,9-13H2,1-2H3,(H,22,27). The van der Waals surface area contributed by atoms with Crippen LogP contribution in [0.3, 0.4) is 0 Å². The van der Waals surface area contributed by atoms with Gasteiger partial charge in [0.2, 0.25) is 5.91 Å². The molecule has 1 aromatic carbocycles. The van der Waals surface area contributed by atoms with E-state index >= 15 is 0 Å². The molecule has 1 N–H and O–H groups in total. The average Bonchev–Trinajstić information content (AvgIpc) is 3.10. The zero-order valence-corrected chi connectivity index (χ0v) is 15.9. The summed E-state index contributed by atoms with van der Waals surface area (Å²) in [6.07, 6.45) is 6.13. The molecule has 0 atom stereocenters. The molecule has 140 valence electrons. The Morgan fingerprint density at radius 1 is 1.22 bits per heavy atom. The molecule has 1 aliphatic carbocycles. The molecule has 3 aromatic rings. The quantitative estimate of drug-likeness (QED) is 0.731. The molecule has 6 heteroatoms. The average molecular weight is 363 g/mol. The first-order valence-corrected chi connectivity index (χ1v) is 9.57. The Hall–Kier alpha value is -2.76. The molecular weight excluding hydrogens is 338 g/mol. The first-order valence-electron chi connectivity index (χ1n) is 9.57. The fraction of sp³-hybridized carbons (Fsp3) is 0.429. The Morgan fingerprint density at radius 3 is 2.70 bits per heavy atom. The van der Waals surface area contributed by atoms with E-state index in [1.165, 1.54) is 18.3 Å². The number of amides is 1. The van der Waals surface area contributed by atoms with Gasteiger partial charge in [0.1, 0.15) is 6.33 Å². The van der Waals surface area contributed by atoms with Crippen molar-refractivity contribution in [3.05, 3.63) is 59.2 Å². The van der Waals surface area contributed by atoms with Crippen molar-refractivity contribution in [2.45, 2.75) is 51.4 Å². The smallest absolute Gasteiger partial charge is 0.252 e. The molecule has 1 fully saturated rings. The Kier molecular flexibility index (Phi) is 4.64. The van der Waals surface area contributed by atoms with Gasteiger partial charge in [0.15, 0.2) is 0 Å². The molecule has 0 saturated heterocycles. The second-order valence-corrected chi connectivity index (χ2v) is 7.51. The predicted octanol–water partition coefficient (Wildman–Crippen LogP) is 2.91. The highest BCUT2D eigenvalue weighted by Gasteiger charge is 2.38. The van der Waals surface area contributed by atoms with Crippen LogP contribution >= 0.6 is 0 Å². The van der Waals surface area contributed by atoms with Gasteiger partial charge in [-0.1, -0.05) is 36.8 Å². The third-order valence-corrected chi connectivity index (χ3v) is 5.91. The SMILES string of the molecule is Cc1nc2ncnn2c(C)c1CCC(=O)NCC1(c2ccccc2)CCC1. The van der Waals surface area contributed by atoms with Crippen LogP contribution in [0.2, 0.25) is 0 Å². The highest BCUT2D eigenvalue weighted by molar-refractivity contribution is 5.76. The fourth-order valence-corrected chi connectivity index (χ4v) is 4.07. The van der Waals surface area contributed by atoms with Crippen molar-refractivity contribution in [2.24, 2.45) is 0 Å². The van der Waals surface area contributed by atoms with E-state index in [0.29, 0.717) is 25.2 Å². The Bertz CT molecular complexity index is 959. The van der Waals surface area contributed by atoms with Crippen LogP contribution in [-0.4, -0.2) is 32.0 Å². The molecule has 1 amide bonds. The van der Waals surface area contributed by atoms with Gasteiger partial charge in [-0.25, -0.2) is 9.50 Å². The molecule has 6 nitrogen and oxygen atoms in total. The lowest BCUT2D eigenvalue weighted by atomic mass is 9.64. The van der Waals surface area contributed by atoms with Crippen LogP contribution in [0, 0.1) is 13.8 Å². The van der Waals surface area contributed by atoms with E-state index in [-0.39, 0.29) is 11.3 Å². The lowest BCUT2D eigenvalue weighted by Crippen LogP contribution is -2.45. The van der Waals surface area contributed by atoms with Gasteiger partial charge in [-0.2, -0.15) is 10.1 Å². The number of carbonyl (C=O) groups excluding carboxylic acids is 1. The molecule has 1 saturated carbocycles. The fourth-order valence-electron chi connectivity index (χ4n) is 4.07. The molecular formula is C21H25N5O. The number of aryl methyl sites for hydroxylation is 2. The molecule has 0 bridgehead atoms. The molecule has 1 aliphatic rings. The van der Waals surface area contributed by atoms with E-state index < -0.39 is 0 Å². The summed E-state index contributed by atoms with van der Waals surface area (Å²) in [7, 11) is 0. The van der Waals surface area contributed by atoms with Crippen molar-refractivity contribution in [1.82, 2.24) is 24.9 Å². The predicted molar refractivity (Wildman–Crippen MR) is 104 cm³/mol. The van der Waals surface area contributed by atoms with Crippen LogP contribution < -0.4 is 5.32 Å². The highest BCUT2D eigenvalue weighted by atomic mass is 16.1. The molecule has 0 aliphatic heterocycles. The maximum absolute atomic E-state index is 12.5. The van der Waals surface area contributed by atoms with Crippen molar-refractivity contribution in [3.8, 4) is 0 Å². The van der Waals surface area contributed by atoms with Gasteiger partial charge in [0.25, 0.3) is 5.78 Å². The maximum atomic E-state index is 12.5. The lowest BCUT2D eigenvalue weighted by molar-refractivity contribution is -0.121. The number of aromatic nitrogens is 4. The summed E-state index contributed by atoms with van der Waals surface area (Å²) in [5.74, 6) is 0.697. The molecule has 4 rings (SSSR count). The van der Waals surface area contributed by atoms with Gasteiger partial charge >= 0.3 is 0 Å². The summed E-state index contributed by atoms with van der Waals surface area (Å²) >= 11 is 0. The van der Waals surface area contributed by atoms with E-state index in [2.05, 4.69) is 44.6 Å². The zero-order valence-electron chi connectivity index (χ0n) is 15.9. The minimum atomic E-state index is 0.0923. The molecule has 2 heterocycles. The number of fused-ring (bicyclic) bond motifs is 1. The maximum Gasteiger partial charge on any atom is 0.252 e. The van der Waals surface area contributed by atoms with Gasteiger partial charge < -0.3 is 5.32 Å². The number of hydrogen-bond donors (Lipinski definition) is 1. The number of hydrogen-bond acceptors (Lipinski definition) is 4. The van der Waals surface area contributed by atoms with E-state index in [0.717, 1.165) is 29.8 Å². The van der Waals surface area contributed by atoms with Crippen molar-refractivity contribution >= 4 is 11.7 Å². The van der Waals surface area contributed by atoms with Crippen molar-refractivity contribution < 1.29 is 4.79 Å². The molecule has 0 unspecified atom stereocenters. The van der Waals surface area contributed by atoms with Gasteiger partial charge in [-0.15, -0.1) is 0 Å². The zero-order chi connectivity index (χ0) is 18.9. The summed E-state index contributed by atoms with van der Waals surface area (Å²) in [5, 5.41) is 7.38. The van der Waals surface area contributed by atoms with Crippen molar-refractivity contribution in [2.75, 3.05) is 6.54 Å². The molecule has 0 spiro atoms. The first-order chi connectivity index (χ1) is 13.1. The largest absolute Gasteiger partial charge is 0.355 e. The first kappa shape index (κ1) is 17.6. The third kappa shape index (κ3) is 3.31. The summed E-state index contributed by atoms with van der Waals surface area (Å²) in [4.78, 5) is 21.1. The van der Waals surface area contributed by atoms with Crippen molar-refractivity contribution in [1.29, 1.82) is 0 Å². The van der Waals surface area contributed by atoms with Gasteiger partial charge in [-0.3, -0.25) is 4.79 Å². The lowest BCUT2D eigenvalue weighted by Gasteiger charge is -2.42. The molecule has 2 aromatic heterocycles. The number of benzene rings is 1. The number of rotatable bonds is 6. The van der Waals surface area contributed by atoms with Crippen molar-refractivity contribution in [3.63, 3.8) is 0 Å². The van der Waals surface area contributed by atoms with E-state index in [9.17, 15) is 4.79 Å². The number of nitrogens with zero attached hydrogens (tertiary/aromatic N) is 4. The summed E-state index contributed by atoms with van der Waals surface area (Å²) in [5.41, 5.74) is 4.45. The Labute approximate surface area is 159 Å². The van der Waals surface area contributed by atoms with Crippen LogP contribution in [0.25, 0.3) is 5.78 Å². The van der Waals surface area contributed by atoms with Crippen LogP contribution in [0.1, 0.15) is 48.2 Å². The van der Waals surface area contributed by atoms with E-state index in [1.54, 1.807) is 4.52 Å². The second kappa shape index (κ2) is 7.10. The van der Waals surface area contributed by atoms with E-state index in [4.69, 9.17) is 0 Å². The summed E-state index contributed by atoms with van der Waals surface area (Å²) in [6, 6.07) is 10.6. The summed E-state index contributed by atoms with van der Waals surface area (Å²) in [6.45, 7) is 4.68. The minimum Gasteiger partial charge on any atom is -0.355 e. The topological polar surface area (TPSA) is 72.2 Å². The van der Waals surface area contributed by atoms with Gasteiger partial charge in [0, 0.05) is 29.8 Å². The minimum absolute atomic E-state index is 0.0923. The molecule has 0 radical (unpaired) electrons. The number of carbonyl (C=O) groups is 1. The number of nitrogens with one attached hydrogen (secondary N) is 1. The van der Waals surface area contributed by atoms with Crippen LogP contribution in [0.15, 0.2) is 36.7 Å². The molecule has 27 heavy (non-hydrogen) atoms. The second-order valence-electron chi connectivity index (χ2n) is 7.51. The Morgan fingerprint density at radius 2 is 2.00 bits per heavy atom. The van der Waals surface area contributed by atoms with Crippen LogP contribution in [-0.2, 0) is 16.6 Å². The third-order valence-electron chi connectivity index (χ3n) is 5.91. The van der Waals surface area contributed by atoms with Crippen LogP contribution in [0.4, 0.5) is 0 Å². The normalized spacial score (nSPS) is 15.5. The van der Waals surface area contributed by atoms with E-state index in [1.807, 2.05) is 19.9 Å².